The van der Waals surface area contributed by atoms with Crippen LogP contribution in [0.25, 0.3) is 5.76 Å². The number of hydrogen-bond donors (Lipinski definition) is 1. The molecule has 0 saturated carbocycles. The number of para-hydroxylation sites is 1. The molecule has 1 N–H and O–H groups in total. The summed E-state index contributed by atoms with van der Waals surface area (Å²) in [4.78, 5) is 28.0. The number of ketones is 1. The number of carbonyl (C=O) groups is 2. The predicted molar refractivity (Wildman–Crippen MR) is 132 cm³/mol. The van der Waals surface area contributed by atoms with E-state index < -0.39 is 17.7 Å². The van der Waals surface area contributed by atoms with Crippen LogP contribution in [0.4, 0.5) is 5.69 Å². The van der Waals surface area contributed by atoms with Crippen LogP contribution in [-0.4, -0.2) is 16.8 Å². The first kappa shape index (κ1) is 22.5. The highest BCUT2D eigenvalue weighted by Gasteiger charge is 2.47. The number of carbonyl (C=O) groups excluding carboxylic acids is 2. The van der Waals surface area contributed by atoms with E-state index in [-0.39, 0.29) is 16.7 Å². The van der Waals surface area contributed by atoms with Crippen molar-refractivity contribution in [3.05, 3.63) is 106 Å². The van der Waals surface area contributed by atoms with Crippen molar-refractivity contribution < 1.29 is 14.7 Å². The van der Waals surface area contributed by atoms with Crippen LogP contribution in [0.2, 0.25) is 0 Å². The van der Waals surface area contributed by atoms with Crippen LogP contribution in [-0.2, 0) is 15.0 Å². The fourth-order valence-corrected chi connectivity index (χ4v) is 4.21. The molecule has 1 heterocycles. The first-order chi connectivity index (χ1) is 15.6. The molecule has 0 spiro atoms. The van der Waals surface area contributed by atoms with Crippen LogP contribution in [0.1, 0.15) is 54.6 Å². The Labute approximate surface area is 195 Å². The molecular weight excluding hydrogens is 410 g/mol. The van der Waals surface area contributed by atoms with Crippen molar-refractivity contribution in [2.45, 2.75) is 46.1 Å². The molecule has 168 valence electrons. The van der Waals surface area contributed by atoms with Crippen LogP contribution >= 0.6 is 0 Å². The molecule has 0 bridgehead atoms. The highest BCUT2D eigenvalue weighted by molar-refractivity contribution is 6.51. The van der Waals surface area contributed by atoms with E-state index in [0.717, 1.165) is 22.3 Å². The Morgan fingerprint density at radius 2 is 1.48 bits per heavy atom. The van der Waals surface area contributed by atoms with Crippen molar-refractivity contribution >= 4 is 23.1 Å². The van der Waals surface area contributed by atoms with Gasteiger partial charge in [-0.05, 0) is 59.7 Å². The van der Waals surface area contributed by atoms with E-state index in [1.165, 1.54) is 4.90 Å². The van der Waals surface area contributed by atoms with E-state index in [4.69, 9.17) is 0 Å². The van der Waals surface area contributed by atoms with E-state index in [9.17, 15) is 14.7 Å². The van der Waals surface area contributed by atoms with Gasteiger partial charge in [-0.2, -0.15) is 0 Å². The summed E-state index contributed by atoms with van der Waals surface area (Å²) < 4.78 is 0. The van der Waals surface area contributed by atoms with Gasteiger partial charge in [0.05, 0.1) is 11.6 Å². The van der Waals surface area contributed by atoms with Crippen molar-refractivity contribution in [2.24, 2.45) is 0 Å². The first-order valence-electron chi connectivity index (χ1n) is 11.1. The molecule has 1 fully saturated rings. The highest BCUT2D eigenvalue weighted by atomic mass is 16.3. The number of amides is 1. The van der Waals surface area contributed by atoms with Gasteiger partial charge in [0.15, 0.2) is 0 Å². The monoisotopic (exact) mass is 439 g/mol. The zero-order valence-electron chi connectivity index (χ0n) is 19.7. The topological polar surface area (TPSA) is 57.6 Å². The molecule has 1 aliphatic heterocycles. The van der Waals surface area contributed by atoms with Gasteiger partial charge in [0.2, 0.25) is 0 Å². The lowest BCUT2D eigenvalue weighted by Crippen LogP contribution is -2.29. The second-order valence-electron chi connectivity index (χ2n) is 9.68. The molecule has 0 radical (unpaired) electrons. The van der Waals surface area contributed by atoms with Gasteiger partial charge in [0.25, 0.3) is 11.7 Å². The van der Waals surface area contributed by atoms with Crippen molar-refractivity contribution in [2.75, 3.05) is 4.90 Å². The minimum absolute atomic E-state index is 0.0286. The SMILES string of the molecule is Cc1ccc(/C(O)=C2/C(=O)C(=O)N(c3ccccc3)C2c2ccc(C(C)(C)C)cc2)cc1C. The molecule has 1 atom stereocenters. The summed E-state index contributed by atoms with van der Waals surface area (Å²) >= 11 is 0. The van der Waals surface area contributed by atoms with E-state index in [0.29, 0.717) is 11.3 Å². The fourth-order valence-electron chi connectivity index (χ4n) is 4.21. The molecule has 0 aromatic heterocycles. The maximum Gasteiger partial charge on any atom is 0.300 e. The molecule has 1 amide bonds. The number of Topliss-reactive ketones (excluding diaryl/α,β-unsaturated/α-hetero) is 1. The number of rotatable bonds is 3. The largest absolute Gasteiger partial charge is 0.507 e. The van der Waals surface area contributed by atoms with Gasteiger partial charge in [-0.25, -0.2) is 0 Å². The summed E-state index contributed by atoms with van der Waals surface area (Å²) in [5.41, 5.74) is 5.24. The van der Waals surface area contributed by atoms with Gasteiger partial charge in [-0.3, -0.25) is 14.5 Å². The van der Waals surface area contributed by atoms with E-state index in [2.05, 4.69) is 20.8 Å². The van der Waals surface area contributed by atoms with Gasteiger partial charge < -0.3 is 5.11 Å². The van der Waals surface area contributed by atoms with Crippen molar-refractivity contribution in [1.29, 1.82) is 0 Å². The summed E-state index contributed by atoms with van der Waals surface area (Å²) in [7, 11) is 0. The summed E-state index contributed by atoms with van der Waals surface area (Å²) in [5, 5.41) is 11.3. The normalized spacial score (nSPS) is 18.1. The van der Waals surface area contributed by atoms with Gasteiger partial charge in [-0.1, -0.05) is 75.4 Å². The maximum absolute atomic E-state index is 13.3. The first-order valence-corrected chi connectivity index (χ1v) is 11.1. The summed E-state index contributed by atoms with van der Waals surface area (Å²) in [5.74, 6) is -1.48. The highest BCUT2D eigenvalue weighted by Crippen LogP contribution is 2.42. The third-order valence-corrected chi connectivity index (χ3v) is 6.35. The quantitative estimate of drug-likeness (QED) is 0.299. The minimum atomic E-state index is -0.719. The standard InChI is InChI=1S/C29H29NO3/c1-18-11-12-21(17-19(18)2)26(31)24-25(20-13-15-22(16-14-20)29(3,4)5)30(28(33)27(24)32)23-9-7-6-8-10-23/h6-17,25,31H,1-5H3/b26-24-. The molecule has 4 rings (SSSR count). The molecule has 1 saturated heterocycles. The summed E-state index contributed by atoms with van der Waals surface area (Å²) in [6.45, 7) is 10.4. The Morgan fingerprint density at radius 3 is 2.06 bits per heavy atom. The molecular formula is C29H29NO3. The Morgan fingerprint density at radius 1 is 0.848 bits per heavy atom. The molecule has 1 aliphatic rings. The second kappa shape index (κ2) is 8.36. The molecule has 4 heteroatoms. The summed E-state index contributed by atoms with van der Waals surface area (Å²) in [6, 6.07) is 21.9. The fraction of sp³-hybridized carbons (Fsp3) is 0.241. The number of aliphatic hydroxyl groups is 1. The lowest BCUT2D eigenvalue weighted by atomic mass is 9.85. The zero-order chi connectivity index (χ0) is 23.9. The summed E-state index contributed by atoms with van der Waals surface area (Å²) in [6.07, 6.45) is 0. The number of anilines is 1. The van der Waals surface area contributed by atoms with E-state index >= 15 is 0 Å². The molecule has 0 aliphatic carbocycles. The number of nitrogens with zero attached hydrogens (tertiary/aromatic N) is 1. The van der Waals surface area contributed by atoms with E-state index in [1.807, 2.05) is 68.4 Å². The Bertz CT molecular complexity index is 1250. The average Bonchev–Trinajstić information content (AvgIpc) is 3.06. The number of benzene rings is 3. The van der Waals surface area contributed by atoms with Gasteiger partial charge in [0, 0.05) is 11.3 Å². The Balaban J connectivity index is 1.93. The van der Waals surface area contributed by atoms with E-state index in [1.54, 1.807) is 18.2 Å². The zero-order valence-corrected chi connectivity index (χ0v) is 19.7. The lowest BCUT2D eigenvalue weighted by Gasteiger charge is -2.26. The maximum atomic E-state index is 13.3. The van der Waals surface area contributed by atoms with Crippen LogP contribution < -0.4 is 4.90 Å². The molecule has 3 aromatic rings. The van der Waals surface area contributed by atoms with Crippen molar-refractivity contribution in [3.63, 3.8) is 0 Å². The van der Waals surface area contributed by atoms with Gasteiger partial charge >= 0.3 is 0 Å². The third-order valence-electron chi connectivity index (χ3n) is 6.35. The van der Waals surface area contributed by atoms with Crippen LogP contribution in [0.15, 0.2) is 78.4 Å². The van der Waals surface area contributed by atoms with Crippen molar-refractivity contribution in [3.8, 4) is 0 Å². The van der Waals surface area contributed by atoms with Crippen LogP contribution in [0.3, 0.4) is 0 Å². The second-order valence-corrected chi connectivity index (χ2v) is 9.68. The van der Waals surface area contributed by atoms with Gasteiger partial charge in [-0.15, -0.1) is 0 Å². The minimum Gasteiger partial charge on any atom is -0.507 e. The molecule has 33 heavy (non-hydrogen) atoms. The van der Waals surface area contributed by atoms with Crippen LogP contribution in [0, 0.1) is 13.8 Å². The Hall–Kier alpha value is -3.66. The van der Waals surface area contributed by atoms with Crippen molar-refractivity contribution in [1.82, 2.24) is 0 Å². The van der Waals surface area contributed by atoms with Crippen LogP contribution in [0.5, 0.6) is 0 Å². The number of aliphatic hydroxyl groups excluding tert-OH is 1. The Kier molecular flexibility index (Phi) is 5.71. The number of aryl methyl sites for hydroxylation is 2. The lowest BCUT2D eigenvalue weighted by molar-refractivity contribution is -0.132. The molecule has 1 unspecified atom stereocenters. The molecule has 3 aromatic carbocycles. The van der Waals surface area contributed by atoms with Gasteiger partial charge in [0.1, 0.15) is 5.76 Å². The molecule has 4 nitrogen and oxygen atoms in total. The predicted octanol–water partition coefficient (Wildman–Crippen LogP) is 6.23. The number of hydrogen-bond acceptors (Lipinski definition) is 3. The average molecular weight is 440 g/mol. The smallest absolute Gasteiger partial charge is 0.300 e. The third kappa shape index (κ3) is 4.09.